The van der Waals surface area contributed by atoms with Crippen LogP contribution in [0.5, 0.6) is 0 Å². The molecular weight excluding hydrogens is 152 g/mol. The molecule has 0 spiro atoms. The predicted octanol–water partition coefficient (Wildman–Crippen LogP) is 1.54. The van der Waals surface area contributed by atoms with E-state index in [1.165, 1.54) is 6.92 Å². The Kier molecular flexibility index (Phi) is 2.47. The molecule has 0 heterocycles. The minimum absolute atomic E-state index is 0.0385. The van der Waals surface area contributed by atoms with Crippen molar-refractivity contribution in [1.29, 1.82) is 0 Å². The van der Waals surface area contributed by atoms with E-state index in [0.717, 1.165) is 0 Å². The molecule has 12 heavy (non-hydrogen) atoms. The molecule has 2 heteroatoms. The van der Waals surface area contributed by atoms with Crippen LogP contribution < -0.4 is 0 Å². The van der Waals surface area contributed by atoms with Gasteiger partial charge < -0.3 is 5.11 Å². The first-order valence-corrected chi connectivity index (χ1v) is 3.74. The molecule has 1 aromatic rings. The van der Waals surface area contributed by atoms with Crippen molar-refractivity contribution >= 4 is 5.78 Å². The second-order valence-corrected chi connectivity index (χ2v) is 2.68. The van der Waals surface area contributed by atoms with Crippen LogP contribution in [0.15, 0.2) is 12.1 Å². The largest absolute Gasteiger partial charge is 0.388 e. The minimum Gasteiger partial charge on any atom is -0.388 e. The average molecular weight is 162 g/mol. The number of carbonyl (C=O) groups excluding carboxylic acids is 1. The Balaban J connectivity index is 2.93. The molecule has 1 aromatic carbocycles. The molecule has 62 valence electrons. The maximum Gasteiger partial charge on any atom is 0.168 e. The van der Waals surface area contributed by atoms with Crippen molar-refractivity contribution in [2.75, 3.05) is 0 Å². The van der Waals surface area contributed by atoms with Crippen molar-refractivity contribution in [1.82, 2.24) is 0 Å². The Hall–Kier alpha value is -1.33. The number of ketones is 1. The van der Waals surface area contributed by atoms with Crippen LogP contribution in [-0.2, 0) is 0 Å². The highest BCUT2D eigenvalue weighted by Gasteiger charge is 2.00. The summed E-state index contributed by atoms with van der Waals surface area (Å²) in [5.74, 6) is -0.0385. The fraction of sp³-hybridized carbons (Fsp3) is 0.300. The maximum absolute atomic E-state index is 10.8. The highest BCUT2D eigenvalue weighted by Crippen LogP contribution is 2.08. The second kappa shape index (κ2) is 3.38. The second-order valence-electron chi connectivity index (χ2n) is 2.68. The highest BCUT2D eigenvalue weighted by molar-refractivity contribution is 5.93. The van der Waals surface area contributed by atoms with Gasteiger partial charge in [0.2, 0.25) is 0 Å². The molecule has 0 radical (unpaired) electrons. The fourth-order valence-corrected chi connectivity index (χ4v) is 0.845. The molecule has 0 saturated heterocycles. The van der Waals surface area contributed by atoms with Gasteiger partial charge in [0.05, 0.1) is 11.7 Å². The number of aliphatic hydroxyl groups is 1. The van der Waals surface area contributed by atoms with E-state index in [0.29, 0.717) is 11.1 Å². The van der Waals surface area contributed by atoms with E-state index in [2.05, 4.69) is 12.1 Å². The predicted molar refractivity (Wildman–Crippen MR) is 44.8 cm³/mol. The van der Waals surface area contributed by atoms with Crippen molar-refractivity contribution in [2.24, 2.45) is 0 Å². The molecule has 1 unspecified atom stereocenters. The van der Waals surface area contributed by atoms with E-state index >= 15 is 0 Å². The highest BCUT2D eigenvalue weighted by atomic mass is 16.3. The number of hydrogen-bond acceptors (Lipinski definition) is 2. The average Bonchev–Trinajstić information content (AvgIpc) is 2.04. The van der Waals surface area contributed by atoms with Gasteiger partial charge >= 0.3 is 0 Å². The van der Waals surface area contributed by atoms with E-state index in [1.54, 1.807) is 19.1 Å². The molecule has 0 saturated carbocycles. The first-order chi connectivity index (χ1) is 5.61. The summed E-state index contributed by atoms with van der Waals surface area (Å²) in [5, 5.41) is 9.12. The van der Waals surface area contributed by atoms with Gasteiger partial charge in [0.25, 0.3) is 0 Å². The number of carbonyl (C=O) groups is 1. The van der Waals surface area contributed by atoms with E-state index < -0.39 is 6.10 Å². The molecule has 0 aromatic heterocycles. The van der Waals surface area contributed by atoms with E-state index in [9.17, 15) is 4.79 Å². The molecule has 1 rings (SSSR count). The van der Waals surface area contributed by atoms with Gasteiger partial charge in [-0.15, -0.1) is 0 Å². The number of hydrogen-bond donors (Lipinski definition) is 1. The Morgan fingerprint density at radius 1 is 1.50 bits per heavy atom. The molecule has 0 aliphatic rings. The van der Waals surface area contributed by atoms with Gasteiger partial charge in [-0.2, -0.15) is 0 Å². The van der Waals surface area contributed by atoms with E-state index in [4.69, 9.17) is 5.11 Å². The van der Waals surface area contributed by atoms with Gasteiger partial charge in [0, 0.05) is 5.56 Å². The minimum atomic E-state index is -0.553. The smallest absolute Gasteiger partial charge is 0.168 e. The van der Waals surface area contributed by atoms with Gasteiger partial charge in [-0.3, -0.25) is 4.79 Å². The lowest BCUT2D eigenvalue weighted by atomic mass is 10.1. The Morgan fingerprint density at radius 2 is 2.17 bits per heavy atom. The van der Waals surface area contributed by atoms with Crippen LogP contribution in [0, 0.1) is 12.1 Å². The van der Waals surface area contributed by atoms with Crippen molar-refractivity contribution < 1.29 is 9.90 Å². The summed E-state index contributed by atoms with van der Waals surface area (Å²) in [7, 11) is 0. The van der Waals surface area contributed by atoms with Gasteiger partial charge in [-0.05, 0) is 26.0 Å². The summed E-state index contributed by atoms with van der Waals surface area (Å²) in [4.78, 5) is 10.8. The molecule has 0 fully saturated rings. The van der Waals surface area contributed by atoms with Crippen LogP contribution in [0.4, 0.5) is 0 Å². The van der Waals surface area contributed by atoms with E-state index in [-0.39, 0.29) is 5.78 Å². The third kappa shape index (κ3) is 1.84. The molecular formula is C10H10O2. The third-order valence-electron chi connectivity index (χ3n) is 1.60. The van der Waals surface area contributed by atoms with Crippen LogP contribution in [0.1, 0.15) is 35.9 Å². The zero-order chi connectivity index (χ0) is 9.14. The number of rotatable bonds is 2. The maximum atomic E-state index is 10.8. The van der Waals surface area contributed by atoms with Crippen molar-refractivity contribution in [3.63, 3.8) is 0 Å². The van der Waals surface area contributed by atoms with Crippen molar-refractivity contribution in [3.05, 3.63) is 35.4 Å². The summed E-state index contributed by atoms with van der Waals surface area (Å²) in [6, 6.07) is 8.72. The SMILES string of the molecule is CC(=O)c1c#cc(C(C)O)cc1. The molecule has 1 atom stereocenters. The standard InChI is InChI=1S/C10H10O2/c1-7(11)9-3-5-10(6-4-9)8(2)12/h3,5,7,11H,1-2H3. The summed E-state index contributed by atoms with van der Waals surface area (Å²) in [6.45, 7) is 3.12. The van der Waals surface area contributed by atoms with Gasteiger partial charge in [-0.1, -0.05) is 12.1 Å². The third-order valence-corrected chi connectivity index (χ3v) is 1.60. The van der Waals surface area contributed by atoms with Crippen LogP contribution in [0.25, 0.3) is 0 Å². The number of Topliss-reactive ketones (excluding diaryl/α,β-unsaturated/α-hetero) is 1. The van der Waals surface area contributed by atoms with Gasteiger partial charge in [0.15, 0.2) is 5.78 Å². The first kappa shape index (κ1) is 8.76. The van der Waals surface area contributed by atoms with Crippen LogP contribution in [-0.4, -0.2) is 10.9 Å². The lowest BCUT2D eigenvalue weighted by Crippen LogP contribution is -1.92. The Bertz CT molecular complexity index is 272. The lowest BCUT2D eigenvalue weighted by Gasteiger charge is -1.99. The topological polar surface area (TPSA) is 37.3 Å². The Morgan fingerprint density at radius 3 is 2.50 bits per heavy atom. The first-order valence-electron chi connectivity index (χ1n) is 3.74. The van der Waals surface area contributed by atoms with Gasteiger partial charge in [-0.25, -0.2) is 0 Å². The summed E-state index contributed by atoms with van der Waals surface area (Å²) in [6.07, 6.45) is -0.553. The molecule has 0 bridgehead atoms. The van der Waals surface area contributed by atoms with Crippen LogP contribution in [0.2, 0.25) is 0 Å². The molecule has 2 nitrogen and oxygen atoms in total. The van der Waals surface area contributed by atoms with Crippen molar-refractivity contribution in [2.45, 2.75) is 20.0 Å². The fourth-order valence-electron chi connectivity index (χ4n) is 0.845. The molecule has 0 amide bonds. The van der Waals surface area contributed by atoms with Crippen molar-refractivity contribution in [3.8, 4) is 0 Å². The zero-order valence-electron chi connectivity index (χ0n) is 7.09. The van der Waals surface area contributed by atoms with Crippen LogP contribution in [0.3, 0.4) is 0 Å². The molecule has 0 aliphatic carbocycles. The monoisotopic (exact) mass is 162 g/mol. The lowest BCUT2D eigenvalue weighted by molar-refractivity contribution is 0.101. The van der Waals surface area contributed by atoms with E-state index in [1.807, 2.05) is 0 Å². The normalized spacial score (nSPS) is 11.9. The quantitative estimate of drug-likeness (QED) is 0.670. The Labute approximate surface area is 71.8 Å². The molecule has 0 aliphatic heterocycles. The summed E-state index contributed by atoms with van der Waals surface area (Å²) in [5.41, 5.74) is 1.15. The summed E-state index contributed by atoms with van der Waals surface area (Å²) < 4.78 is 0. The molecule has 1 N–H and O–H groups in total. The summed E-state index contributed by atoms with van der Waals surface area (Å²) >= 11 is 0. The number of aliphatic hydroxyl groups excluding tert-OH is 1. The zero-order valence-corrected chi connectivity index (χ0v) is 7.09. The van der Waals surface area contributed by atoms with Crippen LogP contribution >= 0.6 is 0 Å². The van der Waals surface area contributed by atoms with Gasteiger partial charge in [0.1, 0.15) is 0 Å².